The molecule has 1 fully saturated rings. The van der Waals surface area contributed by atoms with E-state index in [1.165, 1.54) is 20.8 Å². The Morgan fingerprint density at radius 3 is 2.20 bits per heavy atom. The summed E-state index contributed by atoms with van der Waals surface area (Å²) in [6.07, 6.45) is -5.05. The van der Waals surface area contributed by atoms with Gasteiger partial charge in [0.1, 0.15) is 23.5 Å². The van der Waals surface area contributed by atoms with Crippen LogP contribution in [-0.4, -0.2) is 34.8 Å². The van der Waals surface area contributed by atoms with Gasteiger partial charge >= 0.3 is 12.1 Å². The van der Waals surface area contributed by atoms with E-state index in [0.717, 1.165) is 29.0 Å². The van der Waals surface area contributed by atoms with Crippen molar-refractivity contribution in [3.05, 3.63) is 91.6 Å². The normalized spacial score (nSPS) is 14.5. The second-order valence-corrected chi connectivity index (χ2v) is 12.7. The number of carboxylic acids is 1. The first kappa shape index (κ1) is 37.3. The van der Waals surface area contributed by atoms with Crippen molar-refractivity contribution in [1.29, 1.82) is 0 Å². The van der Waals surface area contributed by atoms with Crippen LogP contribution in [0.15, 0.2) is 35.3 Å². The van der Waals surface area contributed by atoms with Gasteiger partial charge in [-0.25, -0.2) is 13.2 Å². The molecule has 0 unspecified atom stereocenters. The van der Waals surface area contributed by atoms with E-state index in [1.807, 2.05) is 0 Å². The third-order valence-corrected chi connectivity index (χ3v) is 8.32. The Balaban J connectivity index is 1.87. The first-order chi connectivity index (χ1) is 22.9. The molecule has 2 aromatic carbocycles. The summed E-state index contributed by atoms with van der Waals surface area (Å²) >= 11 is 0. The van der Waals surface area contributed by atoms with Crippen molar-refractivity contribution in [2.24, 2.45) is 11.8 Å². The Morgan fingerprint density at radius 2 is 1.69 bits per heavy atom. The minimum Gasteiger partial charge on any atom is -0.481 e. The zero-order valence-electron chi connectivity index (χ0n) is 27.5. The van der Waals surface area contributed by atoms with Crippen LogP contribution in [0.2, 0.25) is 0 Å². The topological polar surface area (TPSA) is 97.6 Å². The maximum atomic E-state index is 16.7. The number of halogens is 6. The molecule has 0 spiro atoms. The number of alkyl halides is 3. The van der Waals surface area contributed by atoms with Crippen molar-refractivity contribution in [3.63, 3.8) is 0 Å². The van der Waals surface area contributed by atoms with Crippen molar-refractivity contribution < 1.29 is 45.8 Å². The average Bonchev–Trinajstić information content (AvgIpc) is 2.94. The first-order valence-corrected chi connectivity index (χ1v) is 15.6. The largest absolute Gasteiger partial charge is 0.481 e. The Kier molecular flexibility index (Phi) is 11.3. The summed E-state index contributed by atoms with van der Waals surface area (Å²) in [5, 5.41) is 12.1. The molecule has 1 amide bonds. The highest BCUT2D eigenvalue weighted by Gasteiger charge is 2.37. The molecule has 262 valence electrons. The zero-order chi connectivity index (χ0) is 36.4. The average molecular weight is 691 g/mol. The summed E-state index contributed by atoms with van der Waals surface area (Å²) in [5.74, 6) is -0.962. The van der Waals surface area contributed by atoms with Crippen molar-refractivity contribution >= 4 is 11.9 Å². The molecule has 0 saturated carbocycles. The molecule has 7 nitrogen and oxygen atoms in total. The molecule has 1 aliphatic rings. The smallest absolute Gasteiger partial charge is 0.416 e. The van der Waals surface area contributed by atoms with Gasteiger partial charge in [0.25, 0.3) is 5.56 Å². The van der Waals surface area contributed by atoms with Crippen molar-refractivity contribution in [1.82, 2.24) is 9.88 Å². The SMILES string of the molecule is CC#Cc1cc(F)c([C@H](CC(=O)O)NC(=O)[C@@H](CC(C)C)n2cc(CC3COC3)c(C(F)(F)F)cc2=O)c(F)c1-c1c(C)cc(F)cc1C. The summed E-state index contributed by atoms with van der Waals surface area (Å²) in [5.41, 5.74) is -2.90. The maximum absolute atomic E-state index is 16.7. The van der Waals surface area contributed by atoms with Gasteiger partial charge in [-0.2, -0.15) is 13.2 Å². The molecule has 3 aromatic rings. The van der Waals surface area contributed by atoms with Gasteiger partial charge in [0.15, 0.2) is 0 Å². The number of amides is 1. The molecule has 2 heterocycles. The maximum Gasteiger partial charge on any atom is 0.416 e. The third-order valence-electron chi connectivity index (χ3n) is 8.32. The summed E-state index contributed by atoms with van der Waals surface area (Å²) in [4.78, 5) is 39.1. The van der Waals surface area contributed by atoms with Crippen molar-refractivity contribution in [2.75, 3.05) is 13.2 Å². The van der Waals surface area contributed by atoms with E-state index in [1.54, 1.807) is 13.8 Å². The lowest BCUT2D eigenvalue weighted by molar-refractivity contribution is -0.139. The van der Waals surface area contributed by atoms with E-state index in [4.69, 9.17) is 4.74 Å². The molecule has 49 heavy (non-hydrogen) atoms. The number of benzene rings is 2. The number of aliphatic carboxylic acids is 1. The number of hydrogen-bond acceptors (Lipinski definition) is 4. The molecule has 1 aliphatic heterocycles. The van der Waals surface area contributed by atoms with Crippen LogP contribution in [0.1, 0.15) is 79.1 Å². The fourth-order valence-electron chi connectivity index (χ4n) is 6.17. The summed E-state index contributed by atoms with van der Waals surface area (Å²) in [6, 6.07) is 0.302. The number of hydrogen-bond donors (Lipinski definition) is 2. The second kappa shape index (κ2) is 14.9. The highest BCUT2D eigenvalue weighted by atomic mass is 19.4. The van der Waals surface area contributed by atoms with Crippen LogP contribution in [0.5, 0.6) is 0 Å². The minimum absolute atomic E-state index is 0.0821. The molecule has 4 rings (SSSR count). The van der Waals surface area contributed by atoms with Crippen LogP contribution in [0.25, 0.3) is 11.1 Å². The molecular weight excluding hydrogens is 654 g/mol. The quantitative estimate of drug-likeness (QED) is 0.166. The van der Waals surface area contributed by atoms with E-state index < -0.39 is 70.7 Å². The van der Waals surface area contributed by atoms with E-state index in [9.17, 15) is 37.1 Å². The fourth-order valence-corrected chi connectivity index (χ4v) is 6.17. The van der Waals surface area contributed by atoms with Crippen molar-refractivity contribution in [3.8, 4) is 23.0 Å². The standard InChI is InChI=1S/C36H36F6N2O5/c1-6-7-22-12-26(38)33(34(39)32(22)31-19(4)9-24(37)10-20(31)5)27(14-30(46)47)43-35(48)28(8-18(2)3)44-15-23(11-21-16-49-17-21)25(13-29(44)45)36(40,41)42/h9-10,12-13,15,18,21,27-28H,8,11,14,16-17H2,1-5H3,(H,43,48)(H,46,47)/t27-,28+/m0/s1. The first-order valence-electron chi connectivity index (χ1n) is 15.6. The van der Waals surface area contributed by atoms with Crippen LogP contribution in [-0.2, 0) is 26.9 Å². The molecule has 0 bridgehead atoms. The molecule has 2 N–H and O–H groups in total. The monoisotopic (exact) mass is 690 g/mol. The number of nitrogens with one attached hydrogen (secondary N) is 1. The Labute approximate surface area is 279 Å². The number of aromatic nitrogens is 1. The number of rotatable bonds is 11. The fraction of sp³-hybridized carbons (Fsp3) is 0.417. The van der Waals surface area contributed by atoms with Crippen LogP contribution >= 0.6 is 0 Å². The van der Waals surface area contributed by atoms with E-state index in [0.29, 0.717) is 6.07 Å². The number of carbonyl (C=O) groups is 2. The summed E-state index contributed by atoms with van der Waals surface area (Å²) in [6.45, 7) is 8.31. The van der Waals surface area contributed by atoms with Crippen LogP contribution in [0.3, 0.4) is 0 Å². The van der Waals surface area contributed by atoms with Gasteiger partial charge in [-0.3, -0.25) is 14.4 Å². The Hall–Kier alpha value is -4.57. The number of carboxylic acid groups (broad SMARTS) is 1. The van der Waals surface area contributed by atoms with Gasteiger partial charge in [-0.15, -0.1) is 5.92 Å². The third kappa shape index (κ3) is 8.36. The Bertz CT molecular complexity index is 1860. The van der Waals surface area contributed by atoms with Crippen LogP contribution < -0.4 is 10.9 Å². The van der Waals surface area contributed by atoms with Gasteiger partial charge in [-0.1, -0.05) is 19.8 Å². The number of nitrogens with zero attached hydrogens (tertiary/aromatic N) is 1. The van der Waals surface area contributed by atoms with E-state index in [2.05, 4.69) is 17.2 Å². The predicted octanol–water partition coefficient (Wildman–Crippen LogP) is 7.05. The lowest BCUT2D eigenvalue weighted by Gasteiger charge is -2.29. The van der Waals surface area contributed by atoms with Gasteiger partial charge in [0, 0.05) is 34.9 Å². The molecular formula is C36H36F6N2O5. The van der Waals surface area contributed by atoms with E-state index in [-0.39, 0.29) is 71.3 Å². The molecule has 1 aromatic heterocycles. The number of pyridine rings is 1. The van der Waals surface area contributed by atoms with E-state index >= 15 is 8.78 Å². The van der Waals surface area contributed by atoms with Crippen molar-refractivity contribution in [2.45, 2.75) is 72.1 Å². The highest BCUT2D eigenvalue weighted by Crippen LogP contribution is 2.39. The molecule has 13 heteroatoms. The van der Waals surface area contributed by atoms with Gasteiger partial charge < -0.3 is 19.7 Å². The lowest BCUT2D eigenvalue weighted by atomic mass is 9.88. The molecule has 0 aliphatic carbocycles. The second-order valence-electron chi connectivity index (χ2n) is 12.7. The van der Waals surface area contributed by atoms with Gasteiger partial charge in [0.05, 0.1) is 31.2 Å². The number of carbonyl (C=O) groups excluding carboxylic acids is 1. The zero-order valence-corrected chi connectivity index (χ0v) is 27.5. The number of aryl methyl sites for hydroxylation is 2. The van der Waals surface area contributed by atoms with Crippen LogP contribution in [0, 0.1) is 55.0 Å². The predicted molar refractivity (Wildman–Crippen MR) is 169 cm³/mol. The molecule has 2 atom stereocenters. The highest BCUT2D eigenvalue weighted by molar-refractivity contribution is 5.83. The van der Waals surface area contributed by atoms with Gasteiger partial charge in [-0.05, 0) is 80.0 Å². The molecule has 1 saturated heterocycles. The summed E-state index contributed by atoms with van der Waals surface area (Å²) in [7, 11) is 0. The Morgan fingerprint density at radius 1 is 1.06 bits per heavy atom. The van der Waals surface area contributed by atoms with Gasteiger partial charge in [0.2, 0.25) is 5.91 Å². The lowest BCUT2D eigenvalue weighted by Crippen LogP contribution is -2.41. The van der Waals surface area contributed by atoms with Crippen LogP contribution in [0.4, 0.5) is 26.3 Å². The molecule has 0 radical (unpaired) electrons. The summed E-state index contributed by atoms with van der Waals surface area (Å²) < 4.78 is 94.5. The number of ether oxygens (including phenoxy) is 1. The minimum atomic E-state index is -4.86.